The second-order valence-electron chi connectivity index (χ2n) is 6.94. The van der Waals surface area contributed by atoms with Crippen LogP contribution in [0.4, 0.5) is 5.82 Å². The summed E-state index contributed by atoms with van der Waals surface area (Å²) in [6.07, 6.45) is 8.28. The standard InChI is InChI=1S/C18H29N5/c1-15-6-5-11-23(14-15)18(19)21-13-16-7-8-20-17(12-16)22-9-3-2-4-10-22/h7-8,12,15H,2-6,9-11,13-14H2,1H3,(H2,19,21). The molecule has 23 heavy (non-hydrogen) atoms. The Morgan fingerprint density at radius 2 is 2.09 bits per heavy atom. The molecule has 0 bridgehead atoms. The first-order chi connectivity index (χ1) is 11.2. The van der Waals surface area contributed by atoms with Gasteiger partial charge in [0.1, 0.15) is 5.82 Å². The molecule has 0 aliphatic carbocycles. The molecule has 2 fully saturated rings. The lowest BCUT2D eigenvalue weighted by Crippen LogP contribution is -2.43. The van der Waals surface area contributed by atoms with Crippen LogP contribution in [0.25, 0.3) is 0 Å². The Morgan fingerprint density at radius 3 is 2.87 bits per heavy atom. The Morgan fingerprint density at radius 1 is 1.26 bits per heavy atom. The van der Waals surface area contributed by atoms with Gasteiger partial charge in [0.05, 0.1) is 6.54 Å². The Balaban J connectivity index is 1.62. The number of aliphatic imine (C=N–C) groups is 1. The van der Waals surface area contributed by atoms with Crippen molar-refractivity contribution in [2.24, 2.45) is 16.6 Å². The monoisotopic (exact) mass is 315 g/mol. The molecule has 1 aromatic heterocycles. The highest BCUT2D eigenvalue weighted by atomic mass is 15.3. The van der Waals surface area contributed by atoms with E-state index in [2.05, 4.69) is 32.8 Å². The first kappa shape index (κ1) is 16.1. The van der Waals surface area contributed by atoms with Crippen LogP contribution in [0.2, 0.25) is 0 Å². The molecule has 0 spiro atoms. The maximum absolute atomic E-state index is 6.19. The number of pyridine rings is 1. The molecule has 0 radical (unpaired) electrons. The van der Waals surface area contributed by atoms with Gasteiger partial charge in [0.2, 0.25) is 0 Å². The first-order valence-corrected chi connectivity index (χ1v) is 8.97. The lowest BCUT2D eigenvalue weighted by Gasteiger charge is -2.31. The van der Waals surface area contributed by atoms with Crippen LogP contribution in [0.15, 0.2) is 23.3 Å². The van der Waals surface area contributed by atoms with Gasteiger partial charge in [0, 0.05) is 32.4 Å². The number of nitrogens with zero attached hydrogens (tertiary/aromatic N) is 4. The normalized spacial score (nSPS) is 23.2. The molecule has 2 saturated heterocycles. The quantitative estimate of drug-likeness (QED) is 0.688. The van der Waals surface area contributed by atoms with E-state index < -0.39 is 0 Å². The van der Waals surface area contributed by atoms with Gasteiger partial charge >= 0.3 is 0 Å². The number of piperidine rings is 2. The summed E-state index contributed by atoms with van der Waals surface area (Å²) in [6, 6.07) is 4.21. The van der Waals surface area contributed by atoms with Crippen LogP contribution in [0, 0.1) is 5.92 Å². The Kier molecular flexibility index (Phi) is 5.36. The fourth-order valence-electron chi connectivity index (χ4n) is 3.52. The number of anilines is 1. The fraction of sp³-hybridized carbons (Fsp3) is 0.667. The third kappa shape index (κ3) is 4.36. The topological polar surface area (TPSA) is 57.8 Å². The van der Waals surface area contributed by atoms with Crippen molar-refractivity contribution < 1.29 is 0 Å². The van der Waals surface area contributed by atoms with E-state index in [1.165, 1.54) is 37.7 Å². The molecule has 1 unspecified atom stereocenters. The van der Waals surface area contributed by atoms with Crippen molar-refractivity contribution in [2.45, 2.75) is 45.6 Å². The van der Waals surface area contributed by atoms with E-state index in [4.69, 9.17) is 5.73 Å². The van der Waals surface area contributed by atoms with Gasteiger partial charge in [-0.25, -0.2) is 9.98 Å². The minimum atomic E-state index is 0.639. The molecule has 0 amide bonds. The Labute approximate surface area is 139 Å². The summed E-state index contributed by atoms with van der Waals surface area (Å²) in [5.41, 5.74) is 7.38. The molecular formula is C18H29N5. The summed E-state index contributed by atoms with van der Waals surface area (Å²) in [5.74, 6) is 2.49. The number of hydrogen-bond donors (Lipinski definition) is 1. The SMILES string of the molecule is CC1CCCN(C(N)=NCc2ccnc(N3CCCCC3)c2)C1. The molecule has 2 aliphatic heterocycles. The van der Waals surface area contributed by atoms with Gasteiger partial charge in [-0.3, -0.25) is 0 Å². The minimum absolute atomic E-state index is 0.639. The molecule has 2 aliphatic rings. The number of rotatable bonds is 3. The van der Waals surface area contributed by atoms with Gasteiger partial charge in [-0.1, -0.05) is 6.92 Å². The molecule has 2 N–H and O–H groups in total. The van der Waals surface area contributed by atoms with Gasteiger partial charge in [-0.15, -0.1) is 0 Å². The van der Waals surface area contributed by atoms with Crippen LogP contribution in [0.3, 0.4) is 0 Å². The van der Waals surface area contributed by atoms with Crippen LogP contribution < -0.4 is 10.6 Å². The first-order valence-electron chi connectivity index (χ1n) is 8.97. The van der Waals surface area contributed by atoms with Crippen LogP contribution in [-0.2, 0) is 6.54 Å². The summed E-state index contributed by atoms with van der Waals surface area (Å²) < 4.78 is 0. The lowest BCUT2D eigenvalue weighted by molar-refractivity contribution is 0.270. The molecular weight excluding hydrogens is 286 g/mol. The maximum atomic E-state index is 6.19. The van der Waals surface area contributed by atoms with E-state index in [1.54, 1.807) is 0 Å². The van der Waals surface area contributed by atoms with Gasteiger partial charge < -0.3 is 15.5 Å². The molecule has 1 atom stereocenters. The zero-order valence-corrected chi connectivity index (χ0v) is 14.2. The van der Waals surface area contributed by atoms with Crippen molar-refractivity contribution in [3.8, 4) is 0 Å². The lowest BCUT2D eigenvalue weighted by atomic mass is 10.0. The van der Waals surface area contributed by atoms with Crippen LogP contribution in [0.1, 0.15) is 44.6 Å². The summed E-state index contributed by atoms with van der Waals surface area (Å²) in [4.78, 5) is 13.7. The van der Waals surface area contributed by atoms with Crippen LogP contribution in [-0.4, -0.2) is 42.0 Å². The summed E-state index contributed by atoms with van der Waals surface area (Å²) in [6.45, 7) is 7.23. The van der Waals surface area contributed by atoms with Crippen molar-refractivity contribution in [1.82, 2.24) is 9.88 Å². The third-order valence-electron chi connectivity index (χ3n) is 4.89. The van der Waals surface area contributed by atoms with Gasteiger partial charge in [-0.05, 0) is 55.7 Å². The van der Waals surface area contributed by atoms with Crippen molar-refractivity contribution in [1.29, 1.82) is 0 Å². The zero-order valence-electron chi connectivity index (χ0n) is 14.2. The molecule has 126 valence electrons. The maximum Gasteiger partial charge on any atom is 0.191 e. The Bertz CT molecular complexity index is 536. The highest BCUT2D eigenvalue weighted by Crippen LogP contribution is 2.19. The van der Waals surface area contributed by atoms with Gasteiger partial charge in [-0.2, -0.15) is 0 Å². The minimum Gasteiger partial charge on any atom is -0.370 e. The summed E-state index contributed by atoms with van der Waals surface area (Å²) >= 11 is 0. The van der Waals surface area contributed by atoms with Crippen molar-refractivity contribution in [3.05, 3.63) is 23.9 Å². The average Bonchev–Trinajstić information content (AvgIpc) is 2.61. The van der Waals surface area contributed by atoms with Crippen molar-refractivity contribution in [3.63, 3.8) is 0 Å². The Hall–Kier alpha value is -1.78. The predicted octanol–water partition coefficient (Wildman–Crippen LogP) is 2.62. The molecule has 0 saturated carbocycles. The second-order valence-corrected chi connectivity index (χ2v) is 6.94. The molecule has 3 rings (SSSR count). The van der Waals surface area contributed by atoms with E-state index in [0.29, 0.717) is 18.4 Å². The predicted molar refractivity (Wildman–Crippen MR) is 95.6 cm³/mol. The second kappa shape index (κ2) is 7.66. The molecule has 3 heterocycles. The van der Waals surface area contributed by atoms with E-state index in [0.717, 1.165) is 32.0 Å². The number of likely N-dealkylation sites (tertiary alicyclic amines) is 1. The summed E-state index contributed by atoms with van der Waals surface area (Å²) in [5, 5.41) is 0. The van der Waals surface area contributed by atoms with Crippen molar-refractivity contribution >= 4 is 11.8 Å². The van der Waals surface area contributed by atoms with Gasteiger partial charge in [0.25, 0.3) is 0 Å². The van der Waals surface area contributed by atoms with E-state index in [1.807, 2.05) is 12.3 Å². The zero-order chi connectivity index (χ0) is 16.1. The van der Waals surface area contributed by atoms with Gasteiger partial charge in [0.15, 0.2) is 5.96 Å². The number of guanidine groups is 1. The summed E-state index contributed by atoms with van der Waals surface area (Å²) in [7, 11) is 0. The smallest absolute Gasteiger partial charge is 0.191 e. The average molecular weight is 315 g/mol. The molecule has 5 nitrogen and oxygen atoms in total. The third-order valence-corrected chi connectivity index (χ3v) is 4.89. The van der Waals surface area contributed by atoms with Crippen LogP contribution >= 0.6 is 0 Å². The van der Waals surface area contributed by atoms with Crippen LogP contribution in [0.5, 0.6) is 0 Å². The van der Waals surface area contributed by atoms with Crippen molar-refractivity contribution in [2.75, 3.05) is 31.1 Å². The fourth-order valence-corrected chi connectivity index (χ4v) is 3.52. The molecule has 0 aromatic carbocycles. The highest BCUT2D eigenvalue weighted by molar-refractivity contribution is 5.78. The number of nitrogens with two attached hydrogens (primary N) is 1. The van der Waals surface area contributed by atoms with E-state index in [9.17, 15) is 0 Å². The highest BCUT2D eigenvalue weighted by Gasteiger charge is 2.17. The number of aromatic nitrogens is 1. The van der Waals surface area contributed by atoms with E-state index >= 15 is 0 Å². The number of hydrogen-bond acceptors (Lipinski definition) is 3. The largest absolute Gasteiger partial charge is 0.370 e. The van der Waals surface area contributed by atoms with E-state index in [-0.39, 0.29) is 0 Å². The molecule has 1 aromatic rings. The molecule has 5 heteroatoms.